The number of methoxy groups -OCH3 is 1. The van der Waals surface area contributed by atoms with Crippen LogP contribution in [0.15, 0.2) is 11.6 Å². The van der Waals surface area contributed by atoms with Gasteiger partial charge < -0.3 is 14.8 Å². The minimum absolute atomic E-state index is 0.527. The SMILES string of the molecule is CNC1COCC1CN1CC=C(COC)CC1. The Morgan fingerprint density at radius 3 is 3.06 bits per heavy atom. The molecule has 1 N–H and O–H groups in total. The normalized spacial score (nSPS) is 30.6. The molecule has 0 aliphatic carbocycles. The molecule has 0 amide bonds. The molecule has 98 valence electrons. The van der Waals surface area contributed by atoms with E-state index in [0.717, 1.165) is 45.9 Å². The molecule has 1 fully saturated rings. The summed E-state index contributed by atoms with van der Waals surface area (Å²) < 4.78 is 10.7. The van der Waals surface area contributed by atoms with Crippen LogP contribution >= 0.6 is 0 Å². The van der Waals surface area contributed by atoms with E-state index >= 15 is 0 Å². The largest absolute Gasteiger partial charge is 0.380 e. The van der Waals surface area contributed by atoms with E-state index < -0.39 is 0 Å². The first kappa shape index (κ1) is 13.0. The van der Waals surface area contributed by atoms with Crippen molar-refractivity contribution in [3.8, 4) is 0 Å². The number of rotatable bonds is 5. The molecule has 2 atom stereocenters. The van der Waals surface area contributed by atoms with Crippen LogP contribution in [0, 0.1) is 5.92 Å². The van der Waals surface area contributed by atoms with Crippen LogP contribution in [0.1, 0.15) is 6.42 Å². The van der Waals surface area contributed by atoms with Gasteiger partial charge in [0.1, 0.15) is 0 Å². The highest BCUT2D eigenvalue weighted by atomic mass is 16.5. The summed E-state index contributed by atoms with van der Waals surface area (Å²) in [6, 6.07) is 0.527. The van der Waals surface area contributed by atoms with E-state index in [1.807, 2.05) is 7.05 Å². The topological polar surface area (TPSA) is 33.7 Å². The Morgan fingerprint density at radius 1 is 1.53 bits per heavy atom. The molecule has 2 aliphatic heterocycles. The van der Waals surface area contributed by atoms with Gasteiger partial charge in [0.15, 0.2) is 0 Å². The molecule has 0 aromatic carbocycles. The highest BCUT2D eigenvalue weighted by Crippen LogP contribution is 2.18. The maximum Gasteiger partial charge on any atom is 0.0673 e. The fourth-order valence-corrected chi connectivity index (χ4v) is 2.66. The van der Waals surface area contributed by atoms with Crippen molar-refractivity contribution >= 4 is 0 Å². The van der Waals surface area contributed by atoms with Gasteiger partial charge in [0.25, 0.3) is 0 Å². The van der Waals surface area contributed by atoms with Gasteiger partial charge in [0.05, 0.1) is 19.8 Å². The molecule has 0 saturated carbocycles. The Hall–Kier alpha value is -0.420. The summed E-state index contributed by atoms with van der Waals surface area (Å²) >= 11 is 0. The number of nitrogens with one attached hydrogen (secondary N) is 1. The third-order valence-electron chi connectivity index (χ3n) is 3.78. The summed E-state index contributed by atoms with van der Waals surface area (Å²) in [5.41, 5.74) is 1.44. The van der Waals surface area contributed by atoms with Gasteiger partial charge >= 0.3 is 0 Å². The van der Waals surface area contributed by atoms with Gasteiger partial charge in [-0.15, -0.1) is 0 Å². The smallest absolute Gasteiger partial charge is 0.0673 e. The maximum atomic E-state index is 5.54. The van der Waals surface area contributed by atoms with E-state index in [4.69, 9.17) is 9.47 Å². The summed E-state index contributed by atoms with van der Waals surface area (Å²) in [5, 5.41) is 3.35. The second kappa shape index (κ2) is 6.50. The minimum atomic E-state index is 0.527. The molecule has 2 aliphatic rings. The first-order valence-electron chi connectivity index (χ1n) is 6.47. The highest BCUT2D eigenvalue weighted by molar-refractivity contribution is 5.07. The van der Waals surface area contributed by atoms with Crippen molar-refractivity contribution in [1.29, 1.82) is 0 Å². The molecule has 2 rings (SSSR count). The Kier molecular flexibility index (Phi) is 4.98. The van der Waals surface area contributed by atoms with Crippen molar-refractivity contribution < 1.29 is 9.47 Å². The predicted molar refractivity (Wildman–Crippen MR) is 68.2 cm³/mol. The average Bonchev–Trinajstić information content (AvgIpc) is 2.79. The lowest BCUT2D eigenvalue weighted by atomic mass is 10.0. The molecular weight excluding hydrogens is 216 g/mol. The van der Waals surface area contributed by atoms with Gasteiger partial charge in [-0.1, -0.05) is 6.08 Å². The van der Waals surface area contributed by atoms with Crippen LogP contribution in [0.5, 0.6) is 0 Å². The quantitative estimate of drug-likeness (QED) is 0.710. The van der Waals surface area contributed by atoms with Crippen molar-refractivity contribution in [1.82, 2.24) is 10.2 Å². The molecule has 2 heterocycles. The summed E-state index contributed by atoms with van der Waals surface area (Å²) in [5.74, 6) is 0.636. The zero-order valence-electron chi connectivity index (χ0n) is 10.9. The first-order chi connectivity index (χ1) is 8.33. The third kappa shape index (κ3) is 3.52. The Morgan fingerprint density at radius 2 is 2.41 bits per heavy atom. The van der Waals surface area contributed by atoms with Crippen molar-refractivity contribution in [2.24, 2.45) is 5.92 Å². The Bertz CT molecular complexity index is 268. The van der Waals surface area contributed by atoms with Gasteiger partial charge in [-0.25, -0.2) is 0 Å². The third-order valence-corrected chi connectivity index (χ3v) is 3.78. The molecule has 0 radical (unpaired) electrons. The van der Waals surface area contributed by atoms with Crippen LogP contribution < -0.4 is 5.32 Å². The fourth-order valence-electron chi connectivity index (χ4n) is 2.66. The van der Waals surface area contributed by atoms with Gasteiger partial charge in [-0.05, 0) is 19.0 Å². The molecule has 4 heteroatoms. The molecular formula is C13H24N2O2. The standard InChI is InChI=1S/C13H24N2O2/c1-14-13-10-17-9-12(13)7-15-5-3-11(4-6-15)8-16-2/h3,12-14H,4-10H2,1-2H3. The van der Waals surface area contributed by atoms with Gasteiger partial charge in [0.2, 0.25) is 0 Å². The minimum Gasteiger partial charge on any atom is -0.380 e. The summed E-state index contributed by atoms with van der Waals surface area (Å²) in [4.78, 5) is 2.52. The second-order valence-electron chi connectivity index (χ2n) is 5.00. The van der Waals surface area contributed by atoms with E-state index in [-0.39, 0.29) is 0 Å². The zero-order valence-corrected chi connectivity index (χ0v) is 10.9. The van der Waals surface area contributed by atoms with Crippen LogP contribution in [-0.2, 0) is 9.47 Å². The number of hydrogen-bond donors (Lipinski definition) is 1. The van der Waals surface area contributed by atoms with Crippen LogP contribution in [-0.4, -0.2) is 64.6 Å². The lowest BCUT2D eigenvalue weighted by Gasteiger charge is -2.30. The number of ether oxygens (including phenoxy) is 2. The molecule has 0 spiro atoms. The van der Waals surface area contributed by atoms with Crippen LogP contribution in [0.2, 0.25) is 0 Å². The van der Waals surface area contributed by atoms with Crippen molar-refractivity contribution in [3.63, 3.8) is 0 Å². The van der Waals surface area contributed by atoms with Crippen molar-refractivity contribution in [2.75, 3.05) is 53.6 Å². The maximum absolute atomic E-state index is 5.54. The van der Waals surface area contributed by atoms with Crippen LogP contribution in [0.25, 0.3) is 0 Å². The lowest BCUT2D eigenvalue weighted by molar-refractivity contribution is 0.167. The zero-order chi connectivity index (χ0) is 12.1. The number of likely N-dealkylation sites (N-methyl/N-ethyl adjacent to an activating group) is 1. The van der Waals surface area contributed by atoms with Crippen molar-refractivity contribution in [2.45, 2.75) is 12.5 Å². The van der Waals surface area contributed by atoms with E-state index in [1.165, 1.54) is 5.57 Å². The van der Waals surface area contributed by atoms with E-state index in [1.54, 1.807) is 7.11 Å². The molecule has 1 saturated heterocycles. The van der Waals surface area contributed by atoms with E-state index in [2.05, 4.69) is 16.3 Å². The molecule has 0 aromatic rings. The van der Waals surface area contributed by atoms with E-state index in [9.17, 15) is 0 Å². The number of nitrogens with zero attached hydrogens (tertiary/aromatic N) is 1. The monoisotopic (exact) mass is 240 g/mol. The summed E-state index contributed by atoms with van der Waals surface area (Å²) in [6.45, 7) is 5.91. The predicted octanol–water partition coefficient (Wildman–Crippen LogP) is 0.499. The first-order valence-corrected chi connectivity index (χ1v) is 6.47. The van der Waals surface area contributed by atoms with Crippen LogP contribution in [0.3, 0.4) is 0 Å². The molecule has 0 bridgehead atoms. The molecule has 17 heavy (non-hydrogen) atoms. The van der Waals surface area contributed by atoms with E-state index in [0.29, 0.717) is 12.0 Å². The second-order valence-corrected chi connectivity index (χ2v) is 5.00. The molecule has 0 aromatic heterocycles. The van der Waals surface area contributed by atoms with Gasteiger partial charge in [-0.3, -0.25) is 4.90 Å². The Labute approximate surface area is 104 Å². The number of hydrogen-bond acceptors (Lipinski definition) is 4. The summed E-state index contributed by atoms with van der Waals surface area (Å²) in [7, 11) is 3.79. The van der Waals surface area contributed by atoms with Crippen molar-refractivity contribution in [3.05, 3.63) is 11.6 Å². The van der Waals surface area contributed by atoms with Crippen LogP contribution in [0.4, 0.5) is 0 Å². The average molecular weight is 240 g/mol. The van der Waals surface area contributed by atoms with Gasteiger partial charge in [-0.2, -0.15) is 0 Å². The molecule has 2 unspecified atom stereocenters. The highest BCUT2D eigenvalue weighted by Gasteiger charge is 2.28. The van der Waals surface area contributed by atoms with Gasteiger partial charge in [0, 0.05) is 38.7 Å². The fraction of sp³-hybridized carbons (Fsp3) is 0.846. The summed E-state index contributed by atoms with van der Waals surface area (Å²) in [6.07, 6.45) is 3.46. The lowest BCUT2D eigenvalue weighted by Crippen LogP contribution is -2.41. The Balaban J connectivity index is 1.77. The molecule has 4 nitrogen and oxygen atoms in total.